The van der Waals surface area contributed by atoms with Crippen molar-refractivity contribution in [2.45, 2.75) is 17.0 Å². The molecule has 0 spiro atoms. The molecule has 1 saturated heterocycles. The number of morpholine rings is 1. The van der Waals surface area contributed by atoms with Crippen LogP contribution in [0.2, 0.25) is 10.0 Å². The highest BCUT2D eigenvalue weighted by atomic mass is 35.5. The summed E-state index contributed by atoms with van der Waals surface area (Å²) in [5.74, 6) is -1.43. The number of carbonyl (C=O) groups excluding carboxylic acids is 1. The van der Waals surface area contributed by atoms with Crippen molar-refractivity contribution in [3.63, 3.8) is 0 Å². The Bertz CT molecular complexity index is 1830. The van der Waals surface area contributed by atoms with Gasteiger partial charge in [0.05, 0.1) is 25.3 Å². The fourth-order valence-electron chi connectivity index (χ4n) is 5.50. The molecule has 6 rings (SSSR count). The molecular weight excluding hydrogens is 604 g/mol. The first kappa shape index (κ1) is 28.4. The van der Waals surface area contributed by atoms with Crippen molar-refractivity contribution in [2.24, 2.45) is 0 Å². The molecule has 42 heavy (non-hydrogen) atoms. The molecule has 0 saturated carbocycles. The molecule has 0 unspecified atom stereocenters. The van der Waals surface area contributed by atoms with Crippen LogP contribution in [-0.2, 0) is 14.8 Å². The molecule has 216 valence electrons. The summed E-state index contributed by atoms with van der Waals surface area (Å²) in [6.07, 6.45) is 0. The number of fused-ring (bicyclic) bond motifs is 1. The molecule has 0 bridgehead atoms. The molecule has 2 aliphatic heterocycles. The van der Waals surface area contributed by atoms with Crippen LogP contribution in [0.25, 0.3) is 0 Å². The summed E-state index contributed by atoms with van der Waals surface area (Å²) in [5.41, 5.74) is 0.280. The molecule has 3 aromatic carbocycles. The minimum absolute atomic E-state index is 0.0123. The van der Waals surface area contributed by atoms with Gasteiger partial charge in [-0.15, -0.1) is 0 Å². The van der Waals surface area contributed by atoms with Crippen LogP contribution in [0, 0.1) is 5.82 Å². The van der Waals surface area contributed by atoms with E-state index in [9.17, 15) is 18.0 Å². The van der Waals surface area contributed by atoms with E-state index in [4.69, 9.17) is 27.9 Å². The lowest BCUT2D eigenvalue weighted by Crippen LogP contribution is -2.43. The molecule has 2 aliphatic rings. The molecule has 12 heteroatoms. The predicted octanol–water partition coefficient (Wildman–Crippen LogP) is 5.31. The minimum atomic E-state index is -4.58. The number of hydrogen-bond donors (Lipinski definition) is 0. The van der Waals surface area contributed by atoms with Crippen LogP contribution in [0.1, 0.15) is 33.6 Å². The van der Waals surface area contributed by atoms with E-state index < -0.39 is 44.3 Å². The number of halogens is 3. The number of carbonyl (C=O) groups is 1. The lowest BCUT2D eigenvalue weighted by molar-refractivity contribution is 0.0301. The van der Waals surface area contributed by atoms with Gasteiger partial charge in [0.1, 0.15) is 22.1 Å². The van der Waals surface area contributed by atoms with E-state index in [1.165, 1.54) is 39.8 Å². The largest absolute Gasteiger partial charge is 0.378 e. The molecule has 0 radical (unpaired) electrons. The van der Waals surface area contributed by atoms with E-state index >= 15 is 4.39 Å². The summed E-state index contributed by atoms with van der Waals surface area (Å²) in [4.78, 5) is 28.7. The van der Waals surface area contributed by atoms with Crippen molar-refractivity contribution >= 4 is 45.0 Å². The highest BCUT2D eigenvalue weighted by molar-refractivity contribution is 7.92. The average molecular weight is 629 g/mol. The number of ether oxygens (including phenoxy) is 1. The Morgan fingerprint density at radius 1 is 0.810 bits per heavy atom. The van der Waals surface area contributed by atoms with E-state index in [-0.39, 0.29) is 11.4 Å². The lowest BCUT2D eigenvalue weighted by Gasteiger charge is -2.29. The standard InChI is InChI=1S/C30H24Cl2FN3O5S/c31-21-9-5-19(6-10-21)27-28(20-7-11-22(32)12-8-20)36(42(39,40)25-4-2-1-3-24(25)33)26-14-13-23(30(38)35(26)27)29(37)34-15-17-41-18-16-34/h1-14,27-28H,15-18H2/t27-,28+/m1/s1. The third-order valence-electron chi connectivity index (χ3n) is 7.48. The Morgan fingerprint density at radius 3 is 1.98 bits per heavy atom. The molecule has 2 atom stereocenters. The van der Waals surface area contributed by atoms with Gasteiger partial charge >= 0.3 is 0 Å². The predicted molar refractivity (Wildman–Crippen MR) is 157 cm³/mol. The maximum atomic E-state index is 15.0. The van der Waals surface area contributed by atoms with Crippen molar-refractivity contribution in [1.82, 2.24) is 9.47 Å². The van der Waals surface area contributed by atoms with Gasteiger partial charge in [0.15, 0.2) is 0 Å². The summed E-state index contributed by atoms with van der Waals surface area (Å²) in [6, 6.07) is 19.1. The molecule has 8 nitrogen and oxygen atoms in total. The molecule has 0 aliphatic carbocycles. The molecule has 1 amide bonds. The van der Waals surface area contributed by atoms with Crippen LogP contribution < -0.4 is 9.86 Å². The summed E-state index contributed by atoms with van der Waals surface area (Å²) >= 11 is 12.4. The Kier molecular flexibility index (Phi) is 7.57. The van der Waals surface area contributed by atoms with Gasteiger partial charge in [0, 0.05) is 23.1 Å². The van der Waals surface area contributed by atoms with Crippen LogP contribution in [0.3, 0.4) is 0 Å². The van der Waals surface area contributed by atoms with E-state index in [1.54, 1.807) is 48.5 Å². The molecule has 1 fully saturated rings. The normalized spacial score (nSPS) is 18.6. The molecular formula is C30H24Cl2FN3O5S. The van der Waals surface area contributed by atoms with Crippen molar-refractivity contribution in [3.05, 3.63) is 128 Å². The summed E-state index contributed by atoms with van der Waals surface area (Å²) < 4.78 is 51.4. The monoisotopic (exact) mass is 627 g/mol. The first-order chi connectivity index (χ1) is 20.2. The summed E-state index contributed by atoms with van der Waals surface area (Å²) in [5, 5.41) is 0.871. The first-order valence-corrected chi connectivity index (χ1v) is 15.3. The quantitative estimate of drug-likeness (QED) is 0.299. The number of sulfonamides is 1. The fourth-order valence-corrected chi connectivity index (χ4v) is 7.46. The maximum Gasteiger partial charge on any atom is 0.269 e. The minimum Gasteiger partial charge on any atom is -0.378 e. The topological polar surface area (TPSA) is 88.9 Å². The van der Waals surface area contributed by atoms with Gasteiger partial charge < -0.3 is 9.64 Å². The van der Waals surface area contributed by atoms with Crippen LogP contribution in [0.4, 0.5) is 10.2 Å². The molecule has 4 aromatic rings. The SMILES string of the molecule is O=C(c1ccc2n(c1=O)[C@H](c1ccc(Cl)cc1)[C@H](c1ccc(Cl)cc1)N2S(=O)(=O)c1ccccc1F)N1CCOCC1. The molecule has 1 aromatic heterocycles. The van der Waals surface area contributed by atoms with E-state index in [2.05, 4.69) is 0 Å². The van der Waals surface area contributed by atoms with Gasteiger partial charge in [-0.3, -0.25) is 14.2 Å². The summed E-state index contributed by atoms with van der Waals surface area (Å²) in [7, 11) is -4.58. The van der Waals surface area contributed by atoms with Gasteiger partial charge in [0.2, 0.25) is 0 Å². The van der Waals surface area contributed by atoms with Crippen LogP contribution in [-0.4, -0.2) is 50.1 Å². The maximum absolute atomic E-state index is 15.0. The smallest absolute Gasteiger partial charge is 0.269 e. The molecule has 0 N–H and O–H groups in total. The average Bonchev–Trinajstić information content (AvgIpc) is 3.35. The summed E-state index contributed by atoms with van der Waals surface area (Å²) in [6.45, 7) is 1.33. The zero-order valence-electron chi connectivity index (χ0n) is 22.0. The Labute approximate surface area is 251 Å². The van der Waals surface area contributed by atoms with Crippen LogP contribution >= 0.6 is 23.2 Å². The number of nitrogens with zero attached hydrogens (tertiary/aromatic N) is 3. The Morgan fingerprint density at radius 2 is 1.38 bits per heavy atom. The second kappa shape index (κ2) is 11.2. The number of pyridine rings is 1. The number of anilines is 1. The van der Waals surface area contributed by atoms with E-state index in [0.717, 1.165) is 10.4 Å². The second-order valence-corrected chi connectivity index (χ2v) is 12.6. The van der Waals surface area contributed by atoms with E-state index in [1.807, 2.05) is 0 Å². The number of aromatic nitrogens is 1. The second-order valence-electron chi connectivity index (χ2n) is 9.91. The van der Waals surface area contributed by atoms with Crippen molar-refractivity contribution in [3.8, 4) is 0 Å². The van der Waals surface area contributed by atoms with Crippen LogP contribution in [0.5, 0.6) is 0 Å². The number of amides is 1. The van der Waals surface area contributed by atoms with Gasteiger partial charge in [-0.1, -0.05) is 59.6 Å². The zero-order chi connectivity index (χ0) is 29.6. The van der Waals surface area contributed by atoms with Gasteiger partial charge in [-0.05, 0) is 59.7 Å². The zero-order valence-corrected chi connectivity index (χ0v) is 24.3. The van der Waals surface area contributed by atoms with Gasteiger partial charge in [-0.2, -0.15) is 0 Å². The van der Waals surface area contributed by atoms with Gasteiger partial charge in [0.25, 0.3) is 21.5 Å². The highest BCUT2D eigenvalue weighted by Gasteiger charge is 2.48. The van der Waals surface area contributed by atoms with E-state index in [0.29, 0.717) is 47.5 Å². The van der Waals surface area contributed by atoms with Crippen molar-refractivity contribution in [2.75, 3.05) is 30.6 Å². The van der Waals surface area contributed by atoms with Gasteiger partial charge in [-0.25, -0.2) is 17.1 Å². The third kappa shape index (κ3) is 4.88. The first-order valence-electron chi connectivity index (χ1n) is 13.1. The lowest BCUT2D eigenvalue weighted by atomic mass is 9.94. The Balaban J connectivity index is 1.63. The highest BCUT2D eigenvalue weighted by Crippen LogP contribution is 2.49. The number of benzene rings is 3. The van der Waals surface area contributed by atoms with Crippen LogP contribution in [0.15, 0.2) is 94.6 Å². The fraction of sp³-hybridized carbons (Fsp3) is 0.200. The number of rotatable bonds is 5. The molecule has 3 heterocycles. The van der Waals surface area contributed by atoms with Crippen molar-refractivity contribution in [1.29, 1.82) is 0 Å². The third-order valence-corrected chi connectivity index (χ3v) is 9.80. The number of hydrogen-bond acceptors (Lipinski definition) is 5. The van der Waals surface area contributed by atoms with Crippen molar-refractivity contribution < 1.29 is 22.3 Å². The Hall–Kier alpha value is -3.70.